The number of hydrogen-bond acceptors (Lipinski definition) is 5. The molecule has 0 radical (unpaired) electrons. The summed E-state index contributed by atoms with van der Waals surface area (Å²) >= 11 is 3.43. The van der Waals surface area contributed by atoms with Crippen molar-refractivity contribution >= 4 is 39.2 Å². The van der Waals surface area contributed by atoms with E-state index < -0.39 is 0 Å². The van der Waals surface area contributed by atoms with Crippen LogP contribution in [0, 0.1) is 0 Å². The molecule has 0 aliphatic carbocycles. The van der Waals surface area contributed by atoms with Crippen LogP contribution in [0.15, 0.2) is 53.4 Å². The lowest BCUT2D eigenvalue weighted by atomic mass is 10.2. The molecule has 0 saturated heterocycles. The number of amides is 1. The average molecular weight is 386 g/mol. The van der Waals surface area contributed by atoms with E-state index in [1.807, 2.05) is 30.1 Å². The zero-order valence-corrected chi connectivity index (χ0v) is 16.7. The third kappa shape index (κ3) is 5.30. The van der Waals surface area contributed by atoms with Crippen molar-refractivity contribution in [1.29, 1.82) is 0 Å². The second-order valence-electron chi connectivity index (χ2n) is 6.20. The summed E-state index contributed by atoms with van der Waals surface area (Å²) in [5.41, 5.74) is 2.25. The van der Waals surface area contributed by atoms with Gasteiger partial charge in [0.2, 0.25) is 5.91 Å². The van der Waals surface area contributed by atoms with Crippen LogP contribution in [0.1, 0.15) is 10.6 Å². The highest BCUT2D eigenvalue weighted by Gasteiger charge is 2.08. The minimum Gasteiger partial charge on any atom is -0.355 e. The van der Waals surface area contributed by atoms with Gasteiger partial charge in [-0.25, -0.2) is 4.98 Å². The Kier molecular flexibility index (Phi) is 6.66. The molecule has 0 spiro atoms. The minimum atomic E-state index is 0.0503. The molecule has 2 aromatic carbocycles. The topological polar surface area (TPSA) is 45.2 Å². The van der Waals surface area contributed by atoms with Crippen LogP contribution in [0.25, 0.3) is 10.2 Å². The van der Waals surface area contributed by atoms with Gasteiger partial charge in [-0.15, -0.1) is 23.1 Å². The van der Waals surface area contributed by atoms with Crippen LogP contribution in [0.3, 0.4) is 0 Å². The Balaban J connectivity index is 1.41. The summed E-state index contributed by atoms with van der Waals surface area (Å²) in [6.45, 7) is 1.78. The van der Waals surface area contributed by atoms with Gasteiger partial charge in [0.15, 0.2) is 0 Å². The van der Waals surface area contributed by atoms with E-state index in [2.05, 4.69) is 46.9 Å². The lowest BCUT2D eigenvalue weighted by Crippen LogP contribution is -2.35. The van der Waals surface area contributed by atoms with Gasteiger partial charge in [-0.05, 0) is 43.1 Å². The van der Waals surface area contributed by atoms with Gasteiger partial charge in [-0.2, -0.15) is 0 Å². The molecule has 0 saturated carbocycles. The van der Waals surface area contributed by atoms with Gasteiger partial charge in [-0.1, -0.05) is 24.3 Å². The molecular weight excluding hydrogens is 362 g/mol. The van der Waals surface area contributed by atoms with Crippen LogP contribution in [-0.2, 0) is 17.8 Å². The highest BCUT2D eigenvalue weighted by Crippen LogP contribution is 2.21. The quantitative estimate of drug-likeness (QED) is 0.599. The van der Waals surface area contributed by atoms with Gasteiger partial charge in [0, 0.05) is 24.4 Å². The number of aromatic nitrogens is 1. The lowest BCUT2D eigenvalue weighted by Gasteiger charge is -2.16. The second kappa shape index (κ2) is 9.16. The maximum absolute atomic E-state index is 12.1. The molecule has 26 heavy (non-hydrogen) atoms. The number of thioether (sulfide) groups is 1. The molecule has 0 atom stereocenters. The SMILES string of the molecule is CSc1ccc(CN(C)CC(=O)NCCc2nc3ccccc3s2)cc1. The van der Waals surface area contributed by atoms with Crippen LogP contribution < -0.4 is 5.32 Å². The molecule has 136 valence electrons. The van der Waals surface area contributed by atoms with E-state index in [1.54, 1.807) is 23.1 Å². The number of benzene rings is 2. The van der Waals surface area contributed by atoms with E-state index >= 15 is 0 Å². The van der Waals surface area contributed by atoms with Crippen molar-refractivity contribution < 1.29 is 4.79 Å². The molecule has 3 rings (SSSR count). The molecule has 4 nitrogen and oxygen atoms in total. The third-order valence-corrected chi connectivity index (χ3v) is 5.86. The fourth-order valence-electron chi connectivity index (χ4n) is 2.74. The summed E-state index contributed by atoms with van der Waals surface area (Å²) in [5.74, 6) is 0.0503. The van der Waals surface area contributed by atoms with Crippen LogP contribution in [0.2, 0.25) is 0 Å². The summed E-state index contributed by atoms with van der Waals surface area (Å²) < 4.78 is 1.20. The van der Waals surface area contributed by atoms with Gasteiger partial charge in [0.25, 0.3) is 0 Å². The summed E-state index contributed by atoms with van der Waals surface area (Å²) in [4.78, 5) is 20.0. The maximum atomic E-state index is 12.1. The number of para-hydroxylation sites is 1. The van der Waals surface area contributed by atoms with E-state index in [0.29, 0.717) is 13.1 Å². The minimum absolute atomic E-state index is 0.0503. The largest absolute Gasteiger partial charge is 0.355 e. The number of carbonyl (C=O) groups is 1. The van der Waals surface area contributed by atoms with Crippen LogP contribution in [0.5, 0.6) is 0 Å². The van der Waals surface area contributed by atoms with Gasteiger partial charge >= 0.3 is 0 Å². The number of carbonyl (C=O) groups excluding carboxylic acids is 1. The molecule has 6 heteroatoms. The molecule has 0 unspecified atom stereocenters. The zero-order chi connectivity index (χ0) is 18.4. The Hall–Kier alpha value is -1.89. The van der Waals surface area contributed by atoms with Gasteiger partial charge in [-0.3, -0.25) is 9.69 Å². The van der Waals surface area contributed by atoms with E-state index in [0.717, 1.165) is 23.5 Å². The fraction of sp³-hybridized carbons (Fsp3) is 0.300. The first-order valence-electron chi connectivity index (χ1n) is 8.56. The zero-order valence-electron chi connectivity index (χ0n) is 15.1. The number of thiazole rings is 1. The standard InChI is InChI=1S/C20H23N3OS2/c1-23(13-15-7-9-16(25-2)10-8-15)14-19(24)21-12-11-20-22-17-5-3-4-6-18(17)26-20/h3-10H,11-14H2,1-2H3,(H,21,24). The van der Waals surface area contributed by atoms with Gasteiger partial charge in [0.1, 0.15) is 0 Å². The number of nitrogens with one attached hydrogen (secondary N) is 1. The maximum Gasteiger partial charge on any atom is 0.234 e. The Morgan fingerprint density at radius 1 is 1.19 bits per heavy atom. The first kappa shape index (κ1) is 18.9. The molecule has 3 aromatic rings. The lowest BCUT2D eigenvalue weighted by molar-refractivity contribution is -0.122. The first-order chi connectivity index (χ1) is 12.6. The molecule has 1 amide bonds. The number of nitrogens with zero attached hydrogens (tertiary/aromatic N) is 2. The van der Waals surface area contributed by atoms with E-state index in [4.69, 9.17) is 0 Å². The molecule has 1 heterocycles. The third-order valence-electron chi connectivity index (χ3n) is 4.02. The molecule has 0 aliphatic heterocycles. The van der Waals surface area contributed by atoms with Crippen molar-refractivity contribution in [2.24, 2.45) is 0 Å². The van der Waals surface area contributed by atoms with Crippen molar-refractivity contribution in [2.45, 2.75) is 17.9 Å². The Morgan fingerprint density at radius 2 is 1.96 bits per heavy atom. The molecule has 0 fully saturated rings. The van der Waals surface area contributed by atoms with Crippen molar-refractivity contribution in [3.8, 4) is 0 Å². The number of hydrogen-bond donors (Lipinski definition) is 1. The number of rotatable bonds is 8. The van der Waals surface area contributed by atoms with E-state index in [1.165, 1.54) is 15.2 Å². The molecule has 1 N–H and O–H groups in total. The van der Waals surface area contributed by atoms with Crippen LogP contribution in [-0.4, -0.2) is 42.2 Å². The molecule has 1 aromatic heterocycles. The second-order valence-corrected chi connectivity index (χ2v) is 8.19. The predicted octanol–water partition coefficient (Wildman–Crippen LogP) is 3.81. The van der Waals surface area contributed by atoms with Crippen LogP contribution >= 0.6 is 23.1 Å². The monoisotopic (exact) mass is 385 g/mol. The molecule has 0 aliphatic rings. The Morgan fingerprint density at radius 3 is 2.69 bits per heavy atom. The smallest absolute Gasteiger partial charge is 0.234 e. The highest BCUT2D eigenvalue weighted by atomic mass is 32.2. The number of likely N-dealkylation sites (N-methyl/N-ethyl adjacent to an activating group) is 1. The average Bonchev–Trinajstić information content (AvgIpc) is 3.05. The highest BCUT2D eigenvalue weighted by molar-refractivity contribution is 7.98. The first-order valence-corrected chi connectivity index (χ1v) is 10.6. The Bertz CT molecular complexity index is 828. The van der Waals surface area contributed by atoms with Crippen molar-refractivity contribution in [3.63, 3.8) is 0 Å². The summed E-state index contributed by atoms with van der Waals surface area (Å²) in [6.07, 6.45) is 2.84. The molecular formula is C20H23N3OS2. The molecule has 0 bridgehead atoms. The summed E-state index contributed by atoms with van der Waals surface area (Å²) in [6, 6.07) is 16.6. The van der Waals surface area contributed by atoms with E-state index in [-0.39, 0.29) is 5.91 Å². The van der Waals surface area contributed by atoms with Crippen LogP contribution in [0.4, 0.5) is 0 Å². The Labute approximate surface area is 162 Å². The summed E-state index contributed by atoms with van der Waals surface area (Å²) in [7, 11) is 1.97. The normalized spacial score (nSPS) is 11.2. The fourth-order valence-corrected chi connectivity index (χ4v) is 4.11. The van der Waals surface area contributed by atoms with Crippen molar-refractivity contribution in [3.05, 3.63) is 59.1 Å². The predicted molar refractivity (Wildman–Crippen MR) is 111 cm³/mol. The van der Waals surface area contributed by atoms with Crippen molar-refractivity contribution in [1.82, 2.24) is 15.2 Å². The number of fused-ring (bicyclic) bond motifs is 1. The van der Waals surface area contributed by atoms with Gasteiger partial charge in [0.05, 0.1) is 21.8 Å². The van der Waals surface area contributed by atoms with Gasteiger partial charge < -0.3 is 5.32 Å². The van der Waals surface area contributed by atoms with E-state index in [9.17, 15) is 4.79 Å². The summed E-state index contributed by atoms with van der Waals surface area (Å²) in [5, 5.41) is 4.06. The van der Waals surface area contributed by atoms with Crippen molar-refractivity contribution in [2.75, 3.05) is 26.4 Å².